The highest BCUT2D eigenvalue weighted by atomic mass is 16.6. The molecular formula is C57H98O6. The molecule has 6 heteroatoms. The molecular weight excluding hydrogens is 781 g/mol. The third kappa shape index (κ3) is 49.7. The van der Waals surface area contributed by atoms with Gasteiger partial charge in [0, 0.05) is 19.3 Å². The number of rotatable bonds is 47. The van der Waals surface area contributed by atoms with Gasteiger partial charge in [-0.3, -0.25) is 14.4 Å². The lowest BCUT2D eigenvalue weighted by Crippen LogP contribution is -2.30. The zero-order valence-corrected chi connectivity index (χ0v) is 41.3. The second kappa shape index (κ2) is 51.5. The number of hydrogen-bond acceptors (Lipinski definition) is 6. The van der Waals surface area contributed by atoms with E-state index in [4.69, 9.17) is 14.2 Å². The van der Waals surface area contributed by atoms with Gasteiger partial charge in [0.1, 0.15) is 13.2 Å². The van der Waals surface area contributed by atoms with Crippen LogP contribution in [0.2, 0.25) is 0 Å². The van der Waals surface area contributed by atoms with Crippen LogP contribution in [0.25, 0.3) is 0 Å². The van der Waals surface area contributed by atoms with Gasteiger partial charge in [0.15, 0.2) is 6.10 Å². The van der Waals surface area contributed by atoms with Crippen LogP contribution in [0, 0.1) is 0 Å². The van der Waals surface area contributed by atoms with Crippen molar-refractivity contribution in [1.29, 1.82) is 0 Å². The predicted octanol–water partition coefficient (Wildman–Crippen LogP) is 17.4. The molecule has 0 spiro atoms. The van der Waals surface area contributed by atoms with Crippen molar-refractivity contribution in [1.82, 2.24) is 0 Å². The average Bonchev–Trinajstić information content (AvgIpc) is 3.28. The van der Waals surface area contributed by atoms with Gasteiger partial charge in [-0.05, 0) is 103 Å². The molecule has 0 aromatic heterocycles. The molecule has 0 aliphatic rings. The Morgan fingerprint density at radius 1 is 0.333 bits per heavy atom. The van der Waals surface area contributed by atoms with E-state index in [-0.39, 0.29) is 31.1 Å². The van der Waals surface area contributed by atoms with Gasteiger partial charge in [0.05, 0.1) is 0 Å². The number of carbonyl (C=O) groups is 3. The highest BCUT2D eigenvalue weighted by Gasteiger charge is 2.19. The quantitative estimate of drug-likeness (QED) is 0.0262. The first-order valence-corrected chi connectivity index (χ1v) is 26.4. The van der Waals surface area contributed by atoms with E-state index >= 15 is 0 Å². The number of allylic oxidation sites excluding steroid dienone is 12. The van der Waals surface area contributed by atoms with Crippen molar-refractivity contribution in [2.75, 3.05) is 13.2 Å². The van der Waals surface area contributed by atoms with E-state index in [0.29, 0.717) is 19.3 Å². The largest absolute Gasteiger partial charge is 0.462 e. The Labute approximate surface area is 389 Å². The topological polar surface area (TPSA) is 78.9 Å². The molecule has 0 N–H and O–H groups in total. The minimum absolute atomic E-state index is 0.0834. The minimum Gasteiger partial charge on any atom is -0.462 e. The Hall–Kier alpha value is -3.15. The van der Waals surface area contributed by atoms with Crippen LogP contribution in [0.5, 0.6) is 0 Å². The number of carbonyl (C=O) groups excluding carboxylic acids is 3. The van der Waals surface area contributed by atoms with E-state index < -0.39 is 6.10 Å². The molecule has 0 aromatic rings. The van der Waals surface area contributed by atoms with Gasteiger partial charge in [0.2, 0.25) is 0 Å². The number of hydrogen-bond donors (Lipinski definition) is 0. The predicted molar refractivity (Wildman–Crippen MR) is 270 cm³/mol. The van der Waals surface area contributed by atoms with E-state index in [1.807, 2.05) is 0 Å². The number of esters is 3. The zero-order chi connectivity index (χ0) is 45.8. The summed E-state index contributed by atoms with van der Waals surface area (Å²) in [5.41, 5.74) is 0. The summed E-state index contributed by atoms with van der Waals surface area (Å²) >= 11 is 0. The highest BCUT2D eigenvalue weighted by Crippen LogP contribution is 2.15. The van der Waals surface area contributed by atoms with Crippen LogP contribution in [0.15, 0.2) is 72.9 Å². The molecule has 0 radical (unpaired) electrons. The summed E-state index contributed by atoms with van der Waals surface area (Å²) in [5.74, 6) is -0.906. The molecule has 0 saturated carbocycles. The Balaban J connectivity index is 4.26. The van der Waals surface area contributed by atoms with Crippen molar-refractivity contribution in [3.05, 3.63) is 72.9 Å². The molecule has 0 saturated heterocycles. The van der Waals surface area contributed by atoms with Gasteiger partial charge >= 0.3 is 17.9 Å². The molecule has 0 bridgehead atoms. The summed E-state index contributed by atoms with van der Waals surface area (Å²) in [6.45, 7) is 6.42. The van der Waals surface area contributed by atoms with E-state index in [1.54, 1.807) is 0 Å². The van der Waals surface area contributed by atoms with Gasteiger partial charge in [-0.2, -0.15) is 0 Å². The Kier molecular flexibility index (Phi) is 48.9. The molecule has 0 aliphatic heterocycles. The summed E-state index contributed by atoms with van der Waals surface area (Å²) in [5, 5.41) is 0. The summed E-state index contributed by atoms with van der Waals surface area (Å²) in [6, 6.07) is 0. The van der Waals surface area contributed by atoms with E-state index in [2.05, 4.69) is 93.7 Å². The van der Waals surface area contributed by atoms with Crippen molar-refractivity contribution in [3.8, 4) is 0 Å². The number of ether oxygens (including phenoxy) is 3. The zero-order valence-electron chi connectivity index (χ0n) is 41.3. The van der Waals surface area contributed by atoms with Crippen molar-refractivity contribution in [2.24, 2.45) is 0 Å². The molecule has 362 valence electrons. The maximum Gasteiger partial charge on any atom is 0.306 e. The maximum absolute atomic E-state index is 12.8. The van der Waals surface area contributed by atoms with Crippen LogP contribution in [0.3, 0.4) is 0 Å². The normalized spacial score (nSPS) is 12.6. The van der Waals surface area contributed by atoms with Gasteiger partial charge in [0.25, 0.3) is 0 Å². The van der Waals surface area contributed by atoms with Crippen LogP contribution in [0.4, 0.5) is 0 Å². The second-order valence-corrected chi connectivity index (χ2v) is 17.4. The molecule has 6 nitrogen and oxygen atoms in total. The van der Waals surface area contributed by atoms with Crippen molar-refractivity contribution in [2.45, 2.75) is 258 Å². The molecule has 63 heavy (non-hydrogen) atoms. The van der Waals surface area contributed by atoms with Crippen molar-refractivity contribution in [3.63, 3.8) is 0 Å². The standard InChI is InChI=1S/C57H98O6/c1-4-7-10-13-16-19-22-24-25-26-27-28-29-30-31-32-33-34-36-38-41-44-47-50-56(59)62-53-54(52-61-55(58)49-46-43-40-37-21-18-15-12-9-6-3)63-57(60)51-48-45-42-39-35-23-20-17-14-11-8-5-2/h7,10,12,15-17,19-20,24-25,27-28,54H,4-6,8-9,11,13-14,18,21-23,26,29-53H2,1-3H3/b10-7-,15-12-,19-16-,20-17-,25-24-,28-27-. The van der Waals surface area contributed by atoms with Crippen LogP contribution in [-0.2, 0) is 28.6 Å². The van der Waals surface area contributed by atoms with E-state index in [1.165, 1.54) is 103 Å². The fourth-order valence-electron chi connectivity index (χ4n) is 7.19. The molecule has 0 fully saturated rings. The first-order chi connectivity index (χ1) is 31.0. The molecule has 0 aliphatic carbocycles. The average molecular weight is 879 g/mol. The monoisotopic (exact) mass is 879 g/mol. The molecule has 0 aromatic carbocycles. The Morgan fingerprint density at radius 2 is 0.651 bits per heavy atom. The first kappa shape index (κ1) is 59.9. The minimum atomic E-state index is -0.782. The van der Waals surface area contributed by atoms with E-state index in [9.17, 15) is 14.4 Å². The summed E-state index contributed by atoms with van der Waals surface area (Å²) < 4.78 is 16.8. The van der Waals surface area contributed by atoms with Crippen LogP contribution >= 0.6 is 0 Å². The number of unbranched alkanes of at least 4 members (excludes halogenated alkanes) is 24. The Bertz CT molecular complexity index is 1190. The van der Waals surface area contributed by atoms with Gasteiger partial charge in [-0.25, -0.2) is 0 Å². The smallest absolute Gasteiger partial charge is 0.306 e. The molecule has 0 amide bonds. The summed E-state index contributed by atoms with van der Waals surface area (Å²) in [4.78, 5) is 37.9. The SMILES string of the molecule is CC/C=C\C/C=C\C/C=C\C/C=C\CCCCCCCCCCCCC(=O)OCC(COC(=O)CCCCCCC/C=C\CCC)OC(=O)CCCCCCC/C=C\CCCCC. The highest BCUT2D eigenvalue weighted by molar-refractivity contribution is 5.71. The lowest BCUT2D eigenvalue weighted by atomic mass is 10.1. The Morgan fingerprint density at radius 3 is 1.05 bits per heavy atom. The van der Waals surface area contributed by atoms with E-state index in [0.717, 1.165) is 109 Å². The van der Waals surface area contributed by atoms with Crippen LogP contribution in [-0.4, -0.2) is 37.2 Å². The van der Waals surface area contributed by atoms with Crippen molar-refractivity contribution >= 4 is 17.9 Å². The van der Waals surface area contributed by atoms with Gasteiger partial charge < -0.3 is 14.2 Å². The van der Waals surface area contributed by atoms with Crippen molar-refractivity contribution < 1.29 is 28.6 Å². The molecule has 1 unspecified atom stereocenters. The molecule has 0 rings (SSSR count). The van der Waals surface area contributed by atoms with Gasteiger partial charge in [-0.15, -0.1) is 0 Å². The maximum atomic E-state index is 12.8. The molecule has 1 atom stereocenters. The van der Waals surface area contributed by atoms with Crippen LogP contribution in [0.1, 0.15) is 252 Å². The third-order valence-electron chi connectivity index (χ3n) is 11.1. The molecule has 0 heterocycles. The first-order valence-electron chi connectivity index (χ1n) is 26.4. The fourth-order valence-corrected chi connectivity index (χ4v) is 7.19. The third-order valence-corrected chi connectivity index (χ3v) is 11.1. The lowest BCUT2D eigenvalue weighted by molar-refractivity contribution is -0.167. The summed E-state index contributed by atoms with van der Waals surface area (Å²) in [7, 11) is 0. The lowest BCUT2D eigenvalue weighted by Gasteiger charge is -2.18. The second-order valence-electron chi connectivity index (χ2n) is 17.4. The fraction of sp³-hybridized carbons (Fsp3) is 0.737. The summed E-state index contributed by atoms with van der Waals surface area (Å²) in [6.07, 6.45) is 64.7. The van der Waals surface area contributed by atoms with Crippen LogP contribution < -0.4 is 0 Å². The van der Waals surface area contributed by atoms with Gasteiger partial charge in [-0.1, -0.05) is 203 Å².